The molecule has 0 aliphatic rings. The lowest BCUT2D eigenvalue weighted by molar-refractivity contribution is -0.152. The van der Waals surface area contributed by atoms with Gasteiger partial charge >= 0.3 is 11.9 Å². The highest BCUT2D eigenvalue weighted by atomic mass is 35.5. The molecule has 0 radical (unpaired) electrons. The van der Waals surface area contributed by atoms with Crippen molar-refractivity contribution in [2.45, 2.75) is 12.1 Å². The molecule has 0 unspecified atom stereocenters. The maximum atomic E-state index is 11.9. The Kier molecular flexibility index (Phi) is 6.84. The number of ether oxygens (including phenoxy) is 1. The Morgan fingerprint density at radius 2 is 1.96 bits per heavy atom. The highest BCUT2D eigenvalue weighted by Gasteiger charge is 2.20. The van der Waals surface area contributed by atoms with Gasteiger partial charge in [0.25, 0.3) is 0 Å². The Morgan fingerprint density at radius 3 is 2.60 bits per heavy atom. The summed E-state index contributed by atoms with van der Waals surface area (Å²) in [5.74, 6) is -2.05. The molecular weight excluding hydrogens is 366 g/mol. The number of azo groups is 1. The van der Waals surface area contributed by atoms with Crippen molar-refractivity contribution in [1.29, 1.82) is 0 Å². The predicted octanol–water partition coefficient (Wildman–Crippen LogP) is 3.77. The average Bonchev–Trinajstić information content (AvgIpc) is 2.61. The number of thioether (sulfide) groups is 1. The summed E-state index contributed by atoms with van der Waals surface area (Å²) >= 11 is 7.34. The molecule has 0 bridgehead atoms. The molecule has 1 aromatic carbocycles. The molecule has 2 rings (SSSR count). The molecule has 25 heavy (non-hydrogen) atoms. The molecule has 1 amide bonds. The summed E-state index contributed by atoms with van der Waals surface area (Å²) in [5, 5.41) is 10.7. The van der Waals surface area contributed by atoms with Gasteiger partial charge in [-0.25, -0.2) is 14.8 Å². The van der Waals surface area contributed by atoms with E-state index in [2.05, 4.69) is 30.3 Å². The van der Waals surface area contributed by atoms with Crippen molar-refractivity contribution in [2.75, 3.05) is 18.2 Å². The number of carbonyl (C=O) groups excluding carboxylic acids is 2. The Hall–Kier alpha value is -2.52. The normalized spacial score (nSPS) is 10.7. The van der Waals surface area contributed by atoms with Crippen LogP contribution in [0, 0.1) is 0 Å². The molecule has 0 fully saturated rings. The maximum Gasteiger partial charge on any atom is 0.397 e. The largest absolute Gasteiger partial charge is 0.459 e. The van der Waals surface area contributed by atoms with E-state index >= 15 is 0 Å². The van der Waals surface area contributed by atoms with E-state index < -0.39 is 11.9 Å². The number of nitrogens with one attached hydrogen (secondary N) is 1. The van der Waals surface area contributed by atoms with Crippen LogP contribution >= 0.6 is 23.4 Å². The zero-order chi connectivity index (χ0) is 18.2. The molecule has 1 aromatic heterocycles. The molecule has 0 atom stereocenters. The van der Waals surface area contributed by atoms with Crippen LogP contribution in [0.25, 0.3) is 0 Å². The van der Waals surface area contributed by atoms with E-state index in [1.165, 1.54) is 11.8 Å². The first-order valence-corrected chi connectivity index (χ1v) is 8.71. The van der Waals surface area contributed by atoms with Gasteiger partial charge in [0, 0.05) is 0 Å². The minimum atomic E-state index is -1.03. The number of anilines is 1. The van der Waals surface area contributed by atoms with Crippen LogP contribution in [0.4, 0.5) is 17.2 Å². The second kappa shape index (κ2) is 9.09. The molecule has 0 saturated heterocycles. The van der Waals surface area contributed by atoms with Crippen molar-refractivity contribution in [2.24, 2.45) is 10.2 Å². The second-order valence-corrected chi connectivity index (χ2v) is 5.54. The number of esters is 1. The number of nitrogens with zero attached hydrogens (tertiary/aromatic N) is 4. The van der Waals surface area contributed by atoms with Crippen molar-refractivity contribution in [3.8, 4) is 0 Å². The number of amides is 1. The van der Waals surface area contributed by atoms with Gasteiger partial charge in [0.15, 0.2) is 21.8 Å². The molecule has 0 spiro atoms. The summed E-state index contributed by atoms with van der Waals surface area (Å²) in [6, 6.07) is 8.92. The number of hydrogen-bond donors (Lipinski definition) is 1. The zero-order valence-corrected chi connectivity index (χ0v) is 15.0. The fourth-order valence-corrected chi connectivity index (χ4v) is 2.26. The SMILES string of the molecule is CCOC(=O)C(=O)Nc1nc(SC)nc(Cl)c1N=Nc1ccccc1. The van der Waals surface area contributed by atoms with Gasteiger partial charge in [-0.15, -0.1) is 5.11 Å². The van der Waals surface area contributed by atoms with E-state index in [0.29, 0.717) is 10.8 Å². The lowest BCUT2D eigenvalue weighted by atomic mass is 10.3. The van der Waals surface area contributed by atoms with E-state index in [1.54, 1.807) is 37.4 Å². The van der Waals surface area contributed by atoms with E-state index in [-0.39, 0.29) is 23.3 Å². The molecule has 0 aliphatic carbocycles. The van der Waals surface area contributed by atoms with Crippen LogP contribution in [0.2, 0.25) is 5.15 Å². The molecule has 130 valence electrons. The van der Waals surface area contributed by atoms with E-state index in [0.717, 1.165) is 0 Å². The number of benzene rings is 1. The Morgan fingerprint density at radius 1 is 1.24 bits per heavy atom. The van der Waals surface area contributed by atoms with Crippen LogP contribution in [-0.2, 0) is 14.3 Å². The van der Waals surface area contributed by atoms with Crippen LogP contribution in [0.15, 0.2) is 45.7 Å². The number of hydrogen-bond acceptors (Lipinski definition) is 8. The molecule has 10 heteroatoms. The highest BCUT2D eigenvalue weighted by Crippen LogP contribution is 2.33. The molecular formula is C15H14ClN5O3S. The van der Waals surface area contributed by atoms with Crippen LogP contribution in [0.3, 0.4) is 0 Å². The van der Waals surface area contributed by atoms with Crippen molar-refractivity contribution >= 4 is 52.4 Å². The van der Waals surface area contributed by atoms with E-state index in [4.69, 9.17) is 11.6 Å². The number of aromatic nitrogens is 2. The zero-order valence-electron chi connectivity index (χ0n) is 13.4. The number of carbonyl (C=O) groups is 2. The standard InChI is InChI=1S/C15H14ClN5O3S/c1-3-24-14(23)13(22)18-12-10(11(16)17-15(19-12)25-2)21-20-9-7-5-4-6-8-9/h4-8H,3H2,1-2H3,(H,17,18,19,22). The monoisotopic (exact) mass is 379 g/mol. The quantitative estimate of drug-likeness (QED) is 0.212. The third-order valence-electron chi connectivity index (χ3n) is 2.72. The first-order valence-electron chi connectivity index (χ1n) is 7.11. The summed E-state index contributed by atoms with van der Waals surface area (Å²) < 4.78 is 4.65. The van der Waals surface area contributed by atoms with Gasteiger partial charge in [0.1, 0.15) is 0 Å². The molecule has 8 nitrogen and oxygen atoms in total. The van der Waals surface area contributed by atoms with Gasteiger partial charge in [-0.3, -0.25) is 10.1 Å². The summed E-state index contributed by atoms with van der Waals surface area (Å²) in [4.78, 5) is 31.5. The minimum Gasteiger partial charge on any atom is -0.459 e. The Labute approximate surface area is 153 Å². The first-order chi connectivity index (χ1) is 12.0. The fraction of sp³-hybridized carbons (Fsp3) is 0.200. The van der Waals surface area contributed by atoms with Crippen molar-refractivity contribution in [3.05, 3.63) is 35.5 Å². The Bertz CT molecular complexity index is 801. The van der Waals surface area contributed by atoms with Gasteiger partial charge in [-0.2, -0.15) is 5.11 Å². The van der Waals surface area contributed by atoms with E-state index in [9.17, 15) is 9.59 Å². The van der Waals surface area contributed by atoms with Gasteiger partial charge in [0.05, 0.1) is 12.3 Å². The van der Waals surface area contributed by atoms with Gasteiger partial charge in [-0.1, -0.05) is 41.6 Å². The lowest BCUT2D eigenvalue weighted by Crippen LogP contribution is -2.25. The topological polar surface area (TPSA) is 106 Å². The minimum absolute atomic E-state index is 0.00168. The third kappa shape index (κ3) is 5.23. The molecule has 2 aromatic rings. The molecule has 1 heterocycles. The lowest BCUT2D eigenvalue weighted by Gasteiger charge is -2.08. The highest BCUT2D eigenvalue weighted by molar-refractivity contribution is 7.98. The predicted molar refractivity (Wildman–Crippen MR) is 94.7 cm³/mol. The molecule has 0 aliphatic heterocycles. The number of rotatable bonds is 5. The van der Waals surface area contributed by atoms with Crippen molar-refractivity contribution in [3.63, 3.8) is 0 Å². The van der Waals surface area contributed by atoms with Gasteiger partial charge < -0.3 is 4.74 Å². The summed E-state index contributed by atoms with van der Waals surface area (Å²) in [6.07, 6.45) is 1.74. The average molecular weight is 380 g/mol. The van der Waals surface area contributed by atoms with Crippen LogP contribution < -0.4 is 5.32 Å². The maximum absolute atomic E-state index is 11.9. The second-order valence-electron chi connectivity index (χ2n) is 4.41. The van der Waals surface area contributed by atoms with Crippen LogP contribution in [-0.4, -0.2) is 34.7 Å². The van der Waals surface area contributed by atoms with Gasteiger partial charge in [0.2, 0.25) is 0 Å². The fourth-order valence-electron chi connectivity index (χ4n) is 1.63. The Balaban J connectivity index is 2.36. The van der Waals surface area contributed by atoms with Crippen molar-refractivity contribution in [1.82, 2.24) is 9.97 Å². The van der Waals surface area contributed by atoms with Crippen molar-refractivity contribution < 1.29 is 14.3 Å². The summed E-state index contributed by atoms with van der Waals surface area (Å²) in [5.41, 5.74) is 0.621. The van der Waals surface area contributed by atoms with E-state index in [1.807, 2.05) is 6.07 Å². The van der Waals surface area contributed by atoms with Crippen LogP contribution in [0.5, 0.6) is 0 Å². The van der Waals surface area contributed by atoms with Gasteiger partial charge in [-0.05, 0) is 25.3 Å². The first kappa shape index (κ1) is 18.8. The van der Waals surface area contributed by atoms with Crippen LogP contribution in [0.1, 0.15) is 6.92 Å². The number of halogens is 1. The summed E-state index contributed by atoms with van der Waals surface area (Å²) in [7, 11) is 0. The smallest absolute Gasteiger partial charge is 0.397 e. The molecule has 0 saturated carbocycles. The summed E-state index contributed by atoms with van der Waals surface area (Å²) in [6.45, 7) is 1.67. The molecule has 1 N–H and O–H groups in total. The third-order valence-corrected chi connectivity index (χ3v) is 3.53.